The van der Waals surface area contributed by atoms with E-state index in [0.29, 0.717) is 0 Å². The maximum atomic E-state index is 6.13. The molecule has 0 spiro atoms. The van der Waals surface area contributed by atoms with Gasteiger partial charge in [0, 0.05) is 23.5 Å². The minimum absolute atomic E-state index is 0.0499. The molecule has 1 aliphatic rings. The summed E-state index contributed by atoms with van der Waals surface area (Å²) in [5.41, 5.74) is 9.48. The minimum Gasteiger partial charge on any atom is -0.321 e. The Labute approximate surface area is 94.4 Å². The van der Waals surface area contributed by atoms with E-state index in [9.17, 15) is 0 Å². The molecule has 1 aromatic carbocycles. The van der Waals surface area contributed by atoms with Crippen LogP contribution in [-0.2, 0) is 5.54 Å². The molecule has 80 valence electrons. The lowest BCUT2D eigenvalue weighted by molar-refractivity contribution is 0.740. The molecule has 0 radical (unpaired) electrons. The molecule has 2 aromatic rings. The summed E-state index contributed by atoms with van der Waals surface area (Å²) in [5, 5.41) is 0. The molecule has 1 heterocycles. The quantitative estimate of drug-likeness (QED) is 0.827. The van der Waals surface area contributed by atoms with Gasteiger partial charge >= 0.3 is 0 Å². The molecule has 0 amide bonds. The second kappa shape index (κ2) is 3.39. The van der Waals surface area contributed by atoms with E-state index in [1.165, 1.54) is 11.9 Å². The van der Waals surface area contributed by atoms with Crippen LogP contribution in [-0.4, -0.2) is 9.97 Å². The van der Waals surface area contributed by atoms with Crippen molar-refractivity contribution in [3.05, 3.63) is 48.5 Å². The summed E-state index contributed by atoms with van der Waals surface area (Å²) in [5.74, 6) is 0. The number of hydrogen-bond acceptors (Lipinski definition) is 3. The van der Waals surface area contributed by atoms with E-state index in [1.807, 2.05) is 12.4 Å². The normalized spacial score (nSPS) is 17.1. The Bertz CT molecular complexity index is 486. The molecule has 0 saturated heterocycles. The van der Waals surface area contributed by atoms with Crippen LogP contribution < -0.4 is 5.73 Å². The predicted octanol–water partition coefficient (Wildman–Crippen LogP) is 2.09. The number of rotatable bonds is 2. The van der Waals surface area contributed by atoms with Crippen molar-refractivity contribution in [2.45, 2.75) is 18.4 Å². The molecule has 3 heteroatoms. The summed E-state index contributed by atoms with van der Waals surface area (Å²) in [6.45, 7) is 0. The van der Waals surface area contributed by atoms with Crippen LogP contribution in [0.3, 0.4) is 0 Å². The van der Waals surface area contributed by atoms with Crippen LogP contribution >= 0.6 is 0 Å². The molecule has 1 saturated carbocycles. The Balaban J connectivity index is 1.94. The first-order valence-electron chi connectivity index (χ1n) is 5.43. The molecule has 3 rings (SSSR count). The summed E-state index contributed by atoms with van der Waals surface area (Å²) < 4.78 is 0. The first-order chi connectivity index (χ1) is 7.78. The fourth-order valence-corrected chi connectivity index (χ4v) is 1.87. The van der Waals surface area contributed by atoms with Gasteiger partial charge in [-0.05, 0) is 24.0 Å². The fraction of sp³-hybridized carbons (Fsp3) is 0.231. The molecule has 3 nitrogen and oxygen atoms in total. The van der Waals surface area contributed by atoms with Crippen LogP contribution in [0.15, 0.2) is 43.0 Å². The fourth-order valence-electron chi connectivity index (χ4n) is 1.87. The molecular weight excluding hydrogens is 198 g/mol. The third-order valence-electron chi connectivity index (χ3n) is 3.14. The second-order valence-corrected chi connectivity index (χ2v) is 4.36. The van der Waals surface area contributed by atoms with Crippen LogP contribution in [0.25, 0.3) is 11.1 Å². The molecule has 0 unspecified atom stereocenters. The van der Waals surface area contributed by atoms with E-state index >= 15 is 0 Å². The van der Waals surface area contributed by atoms with E-state index in [2.05, 4.69) is 34.2 Å². The number of aromatic nitrogens is 2. The van der Waals surface area contributed by atoms with E-state index in [-0.39, 0.29) is 5.54 Å². The zero-order chi connectivity index (χ0) is 11.0. The highest BCUT2D eigenvalue weighted by Crippen LogP contribution is 2.42. The minimum atomic E-state index is -0.0499. The van der Waals surface area contributed by atoms with Crippen molar-refractivity contribution in [2.75, 3.05) is 0 Å². The third kappa shape index (κ3) is 1.59. The van der Waals surface area contributed by atoms with Gasteiger partial charge in [-0.1, -0.05) is 24.3 Å². The summed E-state index contributed by atoms with van der Waals surface area (Å²) in [6, 6.07) is 8.38. The largest absolute Gasteiger partial charge is 0.321 e. The van der Waals surface area contributed by atoms with Crippen LogP contribution in [0.4, 0.5) is 0 Å². The van der Waals surface area contributed by atoms with Crippen molar-refractivity contribution < 1.29 is 0 Å². The van der Waals surface area contributed by atoms with E-state index in [4.69, 9.17) is 5.73 Å². The number of hydrogen-bond donors (Lipinski definition) is 1. The monoisotopic (exact) mass is 211 g/mol. The zero-order valence-electron chi connectivity index (χ0n) is 8.93. The van der Waals surface area contributed by atoms with Crippen molar-refractivity contribution >= 4 is 0 Å². The lowest BCUT2D eigenvalue weighted by atomic mass is 10.0. The maximum absolute atomic E-state index is 6.13. The van der Waals surface area contributed by atoms with Gasteiger partial charge in [-0.15, -0.1) is 0 Å². The van der Waals surface area contributed by atoms with Gasteiger partial charge in [0.2, 0.25) is 0 Å². The highest BCUT2D eigenvalue weighted by Gasteiger charge is 2.39. The zero-order valence-corrected chi connectivity index (χ0v) is 8.93. The van der Waals surface area contributed by atoms with Crippen LogP contribution in [0.5, 0.6) is 0 Å². The third-order valence-corrected chi connectivity index (χ3v) is 3.14. The summed E-state index contributed by atoms with van der Waals surface area (Å²) in [4.78, 5) is 8.02. The van der Waals surface area contributed by atoms with Crippen LogP contribution in [0, 0.1) is 0 Å². The highest BCUT2D eigenvalue weighted by molar-refractivity contribution is 5.61. The molecule has 0 bridgehead atoms. The van der Waals surface area contributed by atoms with Gasteiger partial charge in [-0.25, -0.2) is 9.97 Å². The predicted molar refractivity (Wildman–Crippen MR) is 62.6 cm³/mol. The van der Waals surface area contributed by atoms with Crippen molar-refractivity contribution in [2.24, 2.45) is 5.73 Å². The number of nitrogens with two attached hydrogens (primary N) is 1. The smallest absolute Gasteiger partial charge is 0.115 e. The average molecular weight is 211 g/mol. The number of nitrogens with zero attached hydrogens (tertiary/aromatic N) is 2. The lowest BCUT2D eigenvalue weighted by Gasteiger charge is -2.09. The van der Waals surface area contributed by atoms with Gasteiger partial charge in [0.25, 0.3) is 0 Å². The SMILES string of the molecule is NC1(c2ccc(-c3cncnc3)cc2)CC1. The first kappa shape index (κ1) is 9.48. The Kier molecular flexibility index (Phi) is 2.01. The molecule has 0 atom stereocenters. The summed E-state index contributed by atoms with van der Waals surface area (Å²) in [6.07, 6.45) is 7.37. The van der Waals surface area contributed by atoms with Crippen molar-refractivity contribution in [3.8, 4) is 11.1 Å². The van der Waals surface area contributed by atoms with Crippen molar-refractivity contribution in [1.29, 1.82) is 0 Å². The van der Waals surface area contributed by atoms with Gasteiger partial charge in [0.1, 0.15) is 6.33 Å². The second-order valence-electron chi connectivity index (χ2n) is 4.36. The van der Waals surface area contributed by atoms with E-state index in [1.54, 1.807) is 0 Å². The maximum Gasteiger partial charge on any atom is 0.115 e. The Morgan fingerprint density at radius 1 is 0.938 bits per heavy atom. The van der Waals surface area contributed by atoms with Crippen LogP contribution in [0.2, 0.25) is 0 Å². The first-order valence-corrected chi connectivity index (χ1v) is 5.43. The lowest BCUT2D eigenvalue weighted by Crippen LogP contribution is -2.18. The molecule has 1 fully saturated rings. The van der Waals surface area contributed by atoms with Crippen molar-refractivity contribution in [3.63, 3.8) is 0 Å². The Morgan fingerprint density at radius 3 is 2.12 bits per heavy atom. The van der Waals surface area contributed by atoms with Gasteiger partial charge in [-0.3, -0.25) is 0 Å². The highest BCUT2D eigenvalue weighted by atomic mass is 14.8. The number of benzene rings is 1. The van der Waals surface area contributed by atoms with Gasteiger partial charge in [0.05, 0.1) is 0 Å². The van der Waals surface area contributed by atoms with Gasteiger partial charge in [0.15, 0.2) is 0 Å². The standard InChI is InChI=1S/C13H13N3/c14-13(5-6-13)12-3-1-10(2-4-12)11-7-15-9-16-8-11/h1-4,7-9H,5-6,14H2. The average Bonchev–Trinajstić information content (AvgIpc) is 3.10. The molecule has 2 N–H and O–H groups in total. The molecule has 1 aromatic heterocycles. The summed E-state index contributed by atoms with van der Waals surface area (Å²) in [7, 11) is 0. The molecule has 1 aliphatic carbocycles. The topological polar surface area (TPSA) is 51.8 Å². The Hall–Kier alpha value is -1.74. The van der Waals surface area contributed by atoms with Gasteiger partial charge in [-0.2, -0.15) is 0 Å². The van der Waals surface area contributed by atoms with E-state index < -0.39 is 0 Å². The molecular formula is C13H13N3. The van der Waals surface area contributed by atoms with Gasteiger partial charge < -0.3 is 5.73 Å². The van der Waals surface area contributed by atoms with Crippen molar-refractivity contribution in [1.82, 2.24) is 9.97 Å². The van der Waals surface area contributed by atoms with E-state index in [0.717, 1.165) is 24.0 Å². The molecule has 0 aliphatic heterocycles. The Morgan fingerprint density at radius 2 is 1.56 bits per heavy atom. The molecule has 16 heavy (non-hydrogen) atoms. The summed E-state index contributed by atoms with van der Waals surface area (Å²) >= 11 is 0. The van der Waals surface area contributed by atoms with Crippen LogP contribution in [0.1, 0.15) is 18.4 Å².